The van der Waals surface area contributed by atoms with Crippen LogP contribution in [-0.4, -0.2) is 15.0 Å². The summed E-state index contributed by atoms with van der Waals surface area (Å²) in [5.41, 5.74) is 13.6. The van der Waals surface area contributed by atoms with Gasteiger partial charge in [-0.3, -0.25) is 4.98 Å². The third kappa shape index (κ3) is 6.74. The van der Waals surface area contributed by atoms with Gasteiger partial charge in [0.2, 0.25) is 0 Å². The molecule has 4 nitrogen and oxygen atoms in total. The number of nitrogens with zero attached hydrogens (tertiary/aromatic N) is 3. The van der Waals surface area contributed by atoms with Gasteiger partial charge in [-0.05, 0) is 77.1 Å². The molecule has 249 valence electrons. The van der Waals surface area contributed by atoms with Crippen LogP contribution in [0.5, 0.6) is 0 Å². The average molecular weight is 836 g/mol. The van der Waals surface area contributed by atoms with Gasteiger partial charge in [0.25, 0.3) is 0 Å². The molecule has 4 heterocycles. The molecule has 0 aliphatic rings. The van der Waals surface area contributed by atoms with Gasteiger partial charge < -0.3 is 14.4 Å². The maximum Gasteiger partial charge on any atom is 0.128 e. The molecule has 0 aliphatic heterocycles. The first-order valence-corrected chi connectivity index (χ1v) is 16.7. The second-order valence-corrected chi connectivity index (χ2v) is 12.5. The second-order valence-electron chi connectivity index (χ2n) is 12.5. The molecule has 0 spiro atoms. The Morgan fingerprint density at radius 2 is 1.43 bits per heavy atom. The molecule has 9 aromatic rings. The molecule has 0 amide bonds. The fourth-order valence-corrected chi connectivity index (χ4v) is 6.32. The zero-order chi connectivity index (χ0) is 34.0. The summed E-state index contributed by atoms with van der Waals surface area (Å²) in [6, 6.07) is 48.1. The molecule has 0 saturated heterocycles. The fourth-order valence-electron chi connectivity index (χ4n) is 6.32. The van der Waals surface area contributed by atoms with Crippen molar-refractivity contribution in [1.82, 2.24) is 15.0 Å². The van der Waals surface area contributed by atoms with Crippen LogP contribution in [0.2, 0.25) is 0 Å². The first-order chi connectivity index (χ1) is 24.5. The summed E-state index contributed by atoms with van der Waals surface area (Å²) >= 11 is 0. The molecule has 0 unspecified atom stereocenters. The Bertz CT molecular complexity index is 2610. The Kier molecular flexibility index (Phi) is 9.67. The van der Waals surface area contributed by atoms with E-state index in [2.05, 4.69) is 127 Å². The average Bonchev–Trinajstić information content (AvgIpc) is 3.56. The fraction of sp³-hybridized carbons (Fsp3) is 0.0652. The number of pyridine rings is 3. The van der Waals surface area contributed by atoms with Gasteiger partial charge in [0.05, 0.1) is 5.58 Å². The number of aryl methyl sites for hydroxylation is 3. The van der Waals surface area contributed by atoms with E-state index in [9.17, 15) is 0 Å². The van der Waals surface area contributed by atoms with Crippen molar-refractivity contribution in [2.45, 2.75) is 20.8 Å². The summed E-state index contributed by atoms with van der Waals surface area (Å²) in [5, 5.41) is 4.37. The van der Waals surface area contributed by atoms with E-state index in [0.29, 0.717) is 0 Å². The van der Waals surface area contributed by atoms with E-state index in [1.165, 1.54) is 16.7 Å². The van der Waals surface area contributed by atoms with Gasteiger partial charge >= 0.3 is 0 Å². The normalized spacial score (nSPS) is 10.9. The molecule has 5 aromatic carbocycles. The predicted molar refractivity (Wildman–Crippen MR) is 205 cm³/mol. The van der Waals surface area contributed by atoms with Gasteiger partial charge in [0.15, 0.2) is 0 Å². The third-order valence-electron chi connectivity index (χ3n) is 9.15. The predicted octanol–water partition coefficient (Wildman–Crippen LogP) is 11.8. The smallest absolute Gasteiger partial charge is 0.128 e. The van der Waals surface area contributed by atoms with Crippen molar-refractivity contribution in [3.05, 3.63) is 175 Å². The van der Waals surface area contributed by atoms with Crippen LogP contribution in [0.4, 0.5) is 0 Å². The number of benzene rings is 5. The summed E-state index contributed by atoms with van der Waals surface area (Å²) in [4.78, 5) is 13.4. The van der Waals surface area contributed by atoms with Gasteiger partial charge in [0, 0.05) is 61.2 Å². The zero-order valence-corrected chi connectivity index (χ0v) is 30.8. The van der Waals surface area contributed by atoms with E-state index >= 15 is 0 Å². The van der Waals surface area contributed by atoms with E-state index < -0.39 is 0 Å². The SMILES string of the molecule is Cc1c[c-]c(-c2cc(C)c(C)cn2)cc1.[Ir].[c-]1ccc2c(oc3c(-c4cccc5ccncc45)cc(-c4ccccc4)cc32)c1-c1ccccn1. The van der Waals surface area contributed by atoms with Crippen molar-refractivity contribution in [1.29, 1.82) is 0 Å². The molecule has 0 saturated carbocycles. The van der Waals surface area contributed by atoms with Crippen LogP contribution >= 0.6 is 0 Å². The molecule has 0 atom stereocenters. The van der Waals surface area contributed by atoms with Gasteiger partial charge in [-0.15, -0.1) is 53.6 Å². The molecule has 4 aromatic heterocycles. The maximum atomic E-state index is 6.67. The quantitative estimate of drug-likeness (QED) is 0.166. The van der Waals surface area contributed by atoms with Crippen LogP contribution in [0.25, 0.3) is 77.5 Å². The summed E-state index contributed by atoms with van der Waals surface area (Å²) in [6.45, 7) is 6.24. The molecule has 51 heavy (non-hydrogen) atoms. The minimum Gasteiger partial charge on any atom is -0.500 e. The number of hydrogen-bond donors (Lipinski definition) is 0. The van der Waals surface area contributed by atoms with Crippen LogP contribution in [0.15, 0.2) is 151 Å². The van der Waals surface area contributed by atoms with Crippen molar-refractivity contribution in [2.24, 2.45) is 0 Å². The third-order valence-corrected chi connectivity index (χ3v) is 9.15. The van der Waals surface area contributed by atoms with Crippen LogP contribution in [-0.2, 0) is 20.1 Å². The Labute approximate surface area is 311 Å². The summed E-state index contributed by atoms with van der Waals surface area (Å²) in [7, 11) is 0. The molecule has 1 radical (unpaired) electrons. The number of fused-ring (bicyclic) bond motifs is 4. The number of furan rings is 1. The molecule has 0 fully saturated rings. The number of hydrogen-bond acceptors (Lipinski definition) is 4. The number of rotatable bonds is 4. The zero-order valence-electron chi connectivity index (χ0n) is 28.4. The number of aromatic nitrogens is 3. The molecule has 0 bridgehead atoms. The van der Waals surface area contributed by atoms with Crippen molar-refractivity contribution in [2.75, 3.05) is 0 Å². The summed E-state index contributed by atoms with van der Waals surface area (Å²) in [6.07, 6.45) is 7.48. The second kappa shape index (κ2) is 14.6. The van der Waals surface area contributed by atoms with Crippen molar-refractivity contribution in [3.63, 3.8) is 0 Å². The molecule has 0 N–H and O–H groups in total. The largest absolute Gasteiger partial charge is 0.500 e. The van der Waals surface area contributed by atoms with Crippen molar-refractivity contribution < 1.29 is 24.5 Å². The van der Waals surface area contributed by atoms with E-state index in [4.69, 9.17) is 4.42 Å². The van der Waals surface area contributed by atoms with Crippen molar-refractivity contribution >= 4 is 32.7 Å². The molecular weight excluding hydrogens is 803 g/mol. The van der Waals surface area contributed by atoms with Crippen LogP contribution in [0.1, 0.15) is 16.7 Å². The molecular formula is C46H33IrN3O-2. The van der Waals surface area contributed by atoms with E-state index in [1.807, 2.05) is 61.1 Å². The first kappa shape index (κ1) is 33.7. The summed E-state index contributed by atoms with van der Waals surface area (Å²) < 4.78 is 6.67. The Hall–Kier alpha value is -5.74. The van der Waals surface area contributed by atoms with E-state index in [0.717, 1.165) is 77.5 Å². The van der Waals surface area contributed by atoms with Gasteiger partial charge in [-0.1, -0.05) is 90.2 Å². The van der Waals surface area contributed by atoms with Crippen LogP contribution < -0.4 is 0 Å². The van der Waals surface area contributed by atoms with E-state index in [-0.39, 0.29) is 20.1 Å². The standard InChI is InChI=1S/C32H19N2O.C14H14N.Ir/c1-2-8-21(9-3-1)23-18-27(24-11-6-10-22-15-17-33-20-29(22)24)32-28(19-23)25-12-7-13-26(31(25)35-32)30-14-4-5-16-34-30;1-10-4-6-13(7-5-10)14-8-11(2)12(3)9-15-14;/h1-12,14-20H;4-6,8-9H,1-3H3;/q2*-1;. The Balaban J connectivity index is 0.000000214. The monoisotopic (exact) mass is 836 g/mol. The molecule has 9 rings (SSSR count). The van der Waals surface area contributed by atoms with Crippen molar-refractivity contribution in [3.8, 4) is 44.8 Å². The minimum atomic E-state index is 0. The van der Waals surface area contributed by atoms with E-state index in [1.54, 1.807) is 6.20 Å². The molecule has 0 aliphatic carbocycles. The first-order valence-electron chi connectivity index (χ1n) is 16.7. The topological polar surface area (TPSA) is 51.8 Å². The maximum absolute atomic E-state index is 6.67. The van der Waals surface area contributed by atoms with Crippen LogP contribution in [0.3, 0.4) is 0 Å². The molecule has 5 heteroatoms. The van der Waals surface area contributed by atoms with Crippen LogP contribution in [0, 0.1) is 32.9 Å². The van der Waals surface area contributed by atoms with Gasteiger partial charge in [0.1, 0.15) is 5.58 Å². The van der Waals surface area contributed by atoms with Gasteiger partial charge in [-0.2, -0.15) is 0 Å². The Morgan fingerprint density at radius 3 is 2.22 bits per heavy atom. The van der Waals surface area contributed by atoms with Gasteiger partial charge in [-0.25, -0.2) is 0 Å². The minimum absolute atomic E-state index is 0. The summed E-state index contributed by atoms with van der Waals surface area (Å²) in [5.74, 6) is 0. The Morgan fingerprint density at radius 1 is 0.569 bits per heavy atom.